The molecule has 2 rings (SSSR count). The molecule has 0 saturated heterocycles. The van der Waals surface area contributed by atoms with Gasteiger partial charge < -0.3 is 10.6 Å². The van der Waals surface area contributed by atoms with E-state index in [-0.39, 0.29) is 6.54 Å². The normalized spacial score (nSPS) is 11.7. The second-order valence-corrected chi connectivity index (χ2v) is 6.91. The second kappa shape index (κ2) is 9.79. The maximum Gasteiger partial charge on any atom is 0.325 e. The number of carbonyl (C=O) groups is 3. The number of amides is 4. The molecule has 29 heavy (non-hydrogen) atoms. The molecule has 0 bridgehead atoms. The summed E-state index contributed by atoms with van der Waals surface area (Å²) in [7, 11) is 1.58. The topological polar surface area (TPSA) is 90.5 Å². The molecule has 0 saturated carbocycles. The van der Waals surface area contributed by atoms with E-state index in [0.29, 0.717) is 11.4 Å². The quantitative estimate of drug-likeness (QED) is 0.695. The van der Waals surface area contributed by atoms with Gasteiger partial charge in [-0.3, -0.25) is 19.8 Å². The van der Waals surface area contributed by atoms with Crippen LogP contribution in [0.5, 0.6) is 0 Å². The van der Waals surface area contributed by atoms with Gasteiger partial charge in [-0.15, -0.1) is 0 Å². The second-order valence-electron chi connectivity index (χ2n) is 6.91. The van der Waals surface area contributed by atoms with E-state index in [0.717, 1.165) is 11.1 Å². The number of halogens is 1. The van der Waals surface area contributed by atoms with Gasteiger partial charge in [0.25, 0.3) is 0 Å². The standard InChI is InChI=1S/C21H25FN4O3/c1-13-8-9-18(14(2)10-13)24-21(29)25-20(28)15(3)26(4)12-19(27)23-17-7-5-6-16(22)11-17/h5-11,15H,12H2,1-4H3,(H,23,27)(H2,24,25,28,29). The summed E-state index contributed by atoms with van der Waals surface area (Å²) in [5, 5.41) is 7.47. The Morgan fingerprint density at radius 1 is 1.07 bits per heavy atom. The first-order chi connectivity index (χ1) is 13.7. The summed E-state index contributed by atoms with van der Waals surface area (Å²) in [4.78, 5) is 38.0. The third-order valence-corrected chi connectivity index (χ3v) is 4.41. The summed E-state index contributed by atoms with van der Waals surface area (Å²) in [5.41, 5.74) is 2.88. The SMILES string of the molecule is Cc1ccc(NC(=O)NC(=O)C(C)N(C)CC(=O)Nc2cccc(F)c2)c(C)c1. The van der Waals surface area contributed by atoms with Crippen molar-refractivity contribution in [3.8, 4) is 0 Å². The third-order valence-electron chi connectivity index (χ3n) is 4.41. The molecule has 2 aromatic carbocycles. The van der Waals surface area contributed by atoms with Crippen molar-refractivity contribution in [2.75, 3.05) is 24.2 Å². The van der Waals surface area contributed by atoms with E-state index in [4.69, 9.17) is 0 Å². The molecular weight excluding hydrogens is 375 g/mol. The van der Waals surface area contributed by atoms with Crippen molar-refractivity contribution in [3.63, 3.8) is 0 Å². The fourth-order valence-electron chi connectivity index (χ4n) is 2.65. The molecule has 2 aromatic rings. The Hall–Kier alpha value is -3.26. The largest absolute Gasteiger partial charge is 0.325 e. The van der Waals surface area contributed by atoms with E-state index in [2.05, 4.69) is 16.0 Å². The maximum atomic E-state index is 13.2. The molecule has 154 valence electrons. The minimum Gasteiger partial charge on any atom is -0.325 e. The summed E-state index contributed by atoms with van der Waals surface area (Å²) < 4.78 is 13.2. The van der Waals surface area contributed by atoms with Gasteiger partial charge in [0.1, 0.15) is 5.82 Å². The van der Waals surface area contributed by atoms with Gasteiger partial charge in [0, 0.05) is 11.4 Å². The Morgan fingerprint density at radius 2 is 1.79 bits per heavy atom. The number of imide groups is 1. The van der Waals surface area contributed by atoms with Crippen LogP contribution in [-0.4, -0.2) is 42.4 Å². The molecular formula is C21H25FN4O3. The van der Waals surface area contributed by atoms with Gasteiger partial charge in [-0.2, -0.15) is 0 Å². The number of hydrogen-bond donors (Lipinski definition) is 3. The molecule has 0 fully saturated rings. The van der Waals surface area contributed by atoms with Gasteiger partial charge in [-0.1, -0.05) is 23.8 Å². The third kappa shape index (κ3) is 6.69. The zero-order valence-electron chi connectivity index (χ0n) is 16.9. The van der Waals surface area contributed by atoms with Crippen molar-refractivity contribution in [2.45, 2.75) is 26.8 Å². The Morgan fingerprint density at radius 3 is 2.45 bits per heavy atom. The lowest BCUT2D eigenvalue weighted by atomic mass is 10.1. The molecule has 0 heterocycles. The Bertz CT molecular complexity index is 917. The first-order valence-corrected chi connectivity index (χ1v) is 9.10. The van der Waals surface area contributed by atoms with Gasteiger partial charge in [0.05, 0.1) is 12.6 Å². The molecule has 0 spiro atoms. The number of anilines is 2. The fourth-order valence-corrected chi connectivity index (χ4v) is 2.65. The zero-order chi connectivity index (χ0) is 21.6. The highest BCUT2D eigenvalue weighted by Gasteiger charge is 2.22. The predicted octanol–water partition coefficient (Wildman–Crippen LogP) is 3.05. The van der Waals surface area contributed by atoms with Crippen molar-refractivity contribution >= 4 is 29.2 Å². The van der Waals surface area contributed by atoms with Crippen LogP contribution < -0.4 is 16.0 Å². The number of nitrogens with one attached hydrogen (secondary N) is 3. The molecule has 1 unspecified atom stereocenters. The van der Waals surface area contributed by atoms with Crippen LogP contribution in [0.4, 0.5) is 20.6 Å². The summed E-state index contributed by atoms with van der Waals surface area (Å²) >= 11 is 0. The lowest BCUT2D eigenvalue weighted by Gasteiger charge is -2.23. The number of rotatable bonds is 6. The van der Waals surface area contributed by atoms with Crippen LogP contribution in [0.3, 0.4) is 0 Å². The molecule has 1 atom stereocenters. The summed E-state index contributed by atoms with van der Waals surface area (Å²) in [6, 6.07) is 9.69. The van der Waals surface area contributed by atoms with Crippen LogP contribution >= 0.6 is 0 Å². The minimum atomic E-state index is -0.738. The molecule has 7 nitrogen and oxygen atoms in total. The first kappa shape index (κ1) is 22.0. The maximum absolute atomic E-state index is 13.2. The van der Waals surface area contributed by atoms with Crippen molar-refractivity contribution in [1.29, 1.82) is 0 Å². The Balaban J connectivity index is 1.86. The van der Waals surface area contributed by atoms with Crippen LogP contribution in [0.15, 0.2) is 42.5 Å². The smallest absolute Gasteiger partial charge is 0.325 e. The minimum absolute atomic E-state index is 0.107. The molecule has 4 amide bonds. The van der Waals surface area contributed by atoms with Gasteiger partial charge in [-0.05, 0) is 57.6 Å². The average molecular weight is 400 g/mol. The van der Waals surface area contributed by atoms with Crippen molar-refractivity contribution in [3.05, 3.63) is 59.4 Å². The van der Waals surface area contributed by atoms with Gasteiger partial charge >= 0.3 is 6.03 Å². The van der Waals surface area contributed by atoms with Crippen LogP contribution in [0, 0.1) is 19.7 Å². The van der Waals surface area contributed by atoms with E-state index in [1.807, 2.05) is 26.0 Å². The Kier molecular flexibility index (Phi) is 7.44. The number of benzene rings is 2. The van der Waals surface area contributed by atoms with E-state index < -0.39 is 29.7 Å². The van der Waals surface area contributed by atoms with Crippen LogP contribution in [0.2, 0.25) is 0 Å². The number of likely N-dealkylation sites (N-methyl/N-ethyl adjacent to an activating group) is 1. The lowest BCUT2D eigenvalue weighted by Crippen LogP contribution is -2.48. The number of nitrogens with zero attached hydrogens (tertiary/aromatic N) is 1. The highest BCUT2D eigenvalue weighted by Crippen LogP contribution is 2.15. The van der Waals surface area contributed by atoms with Crippen LogP contribution in [0.25, 0.3) is 0 Å². The highest BCUT2D eigenvalue weighted by atomic mass is 19.1. The zero-order valence-corrected chi connectivity index (χ0v) is 16.9. The van der Waals surface area contributed by atoms with Crippen molar-refractivity contribution in [1.82, 2.24) is 10.2 Å². The summed E-state index contributed by atoms with van der Waals surface area (Å²) in [6.07, 6.45) is 0. The first-order valence-electron chi connectivity index (χ1n) is 9.10. The average Bonchev–Trinajstić information content (AvgIpc) is 2.63. The lowest BCUT2D eigenvalue weighted by molar-refractivity contribution is -0.125. The number of aryl methyl sites for hydroxylation is 2. The fraction of sp³-hybridized carbons (Fsp3) is 0.286. The van der Waals surface area contributed by atoms with E-state index in [1.54, 1.807) is 26.1 Å². The molecule has 0 aliphatic rings. The Labute approximate surface area is 169 Å². The van der Waals surface area contributed by atoms with E-state index in [9.17, 15) is 18.8 Å². The highest BCUT2D eigenvalue weighted by molar-refractivity contribution is 6.03. The summed E-state index contributed by atoms with van der Waals surface area (Å²) in [6.45, 7) is 5.28. The van der Waals surface area contributed by atoms with Crippen LogP contribution in [0.1, 0.15) is 18.1 Å². The van der Waals surface area contributed by atoms with Crippen molar-refractivity contribution in [2.24, 2.45) is 0 Å². The van der Waals surface area contributed by atoms with Crippen LogP contribution in [-0.2, 0) is 9.59 Å². The van der Waals surface area contributed by atoms with E-state index >= 15 is 0 Å². The van der Waals surface area contributed by atoms with Gasteiger partial charge in [-0.25, -0.2) is 9.18 Å². The molecule has 0 aromatic heterocycles. The van der Waals surface area contributed by atoms with Crippen molar-refractivity contribution < 1.29 is 18.8 Å². The predicted molar refractivity (Wildman–Crippen MR) is 110 cm³/mol. The number of hydrogen-bond acceptors (Lipinski definition) is 4. The number of carbonyl (C=O) groups excluding carboxylic acids is 3. The molecule has 0 radical (unpaired) electrons. The molecule has 3 N–H and O–H groups in total. The van der Waals surface area contributed by atoms with E-state index in [1.165, 1.54) is 23.1 Å². The number of urea groups is 1. The van der Waals surface area contributed by atoms with Gasteiger partial charge in [0.15, 0.2) is 0 Å². The summed E-state index contributed by atoms with van der Waals surface area (Å²) in [5.74, 6) is -1.41. The molecule has 0 aliphatic heterocycles. The monoisotopic (exact) mass is 400 g/mol. The molecule has 8 heteroatoms. The van der Waals surface area contributed by atoms with Gasteiger partial charge in [0.2, 0.25) is 11.8 Å². The molecule has 0 aliphatic carbocycles.